The highest BCUT2D eigenvalue weighted by Crippen LogP contribution is 2.27. The molecule has 0 fully saturated rings. The molecule has 0 saturated heterocycles. The summed E-state index contributed by atoms with van der Waals surface area (Å²) in [4.78, 5) is 22.1. The van der Waals surface area contributed by atoms with Crippen molar-refractivity contribution in [3.8, 4) is 11.3 Å². The van der Waals surface area contributed by atoms with Crippen LogP contribution in [0.25, 0.3) is 11.3 Å². The molecule has 2 N–H and O–H groups in total. The van der Waals surface area contributed by atoms with Crippen LogP contribution in [0.2, 0.25) is 0 Å². The maximum atomic E-state index is 13.1. The molecule has 4 heteroatoms. The van der Waals surface area contributed by atoms with Gasteiger partial charge in [0.05, 0.1) is 16.8 Å². The molecule has 3 rings (SSSR count). The monoisotopic (exact) mass is 427 g/mol. The summed E-state index contributed by atoms with van der Waals surface area (Å²) < 4.78 is 0. The fourth-order valence-electron chi connectivity index (χ4n) is 3.86. The van der Waals surface area contributed by atoms with E-state index in [0.29, 0.717) is 11.6 Å². The van der Waals surface area contributed by atoms with Gasteiger partial charge in [-0.1, -0.05) is 80.9 Å². The first-order valence-electron chi connectivity index (χ1n) is 11.4. The summed E-state index contributed by atoms with van der Waals surface area (Å²) in [6.07, 6.45) is 3.44. The molecule has 0 aliphatic heterocycles. The fourth-order valence-corrected chi connectivity index (χ4v) is 3.86. The van der Waals surface area contributed by atoms with Crippen LogP contribution in [-0.4, -0.2) is 16.7 Å². The third-order valence-electron chi connectivity index (χ3n) is 6.02. The van der Waals surface area contributed by atoms with Crippen molar-refractivity contribution in [3.05, 3.63) is 89.6 Å². The second-order valence-corrected chi connectivity index (χ2v) is 8.72. The predicted octanol–water partition coefficient (Wildman–Crippen LogP) is 6.25. The number of aromatic nitrogens is 1. The van der Waals surface area contributed by atoms with Gasteiger partial charge in [0.15, 0.2) is 0 Å². The van der Waals surface area contributed by atoms with E-state index < -0.39 is 5.41 Å². The topological polar surface area (TPSA) is 68.3 Å². The Labute approximate surface area is 191 Å². The smallest absolute Gasteiger partial charge is 0.259 e. The highest BCUT2D eigenvalue weighted by Gasteiger charge is 2.31. The number of amides is 1. The van der Waals surface area contributed by atoms with Crippen LogP contribution in [0, 0.1) is 0 Å². The molecule has 0 aliphatic carbocycles. The van der Waals surface area contributed by atoms with Crippen molar-refractivity contribution in [2.45, 2.75) is 58.3 Å². The average molecular weight is 428 g/mol. The maximum Gasteiger partial charge on any atom is 0.259 e. The van der Waals surface area contributed by atoms with Crippen molar-refractivity contribution >= 4 is 11.7 Å². The van der Waals surface area contributed by atoms with Crippen molar-refractivity contribution in [1.29, 1.82) is 0 Å². The van der Waals surface area contributed by atoms with Crippen LogP contribution in [-0.2, 0) is 10.2 Å². The van der Waals surface area contributed by atoms with Crippen LogP contribution in [0.4, 0.5) is 0 Å². The van der Waals surface area contributed by atoms with E-state index in [1.807, 2.05) is 74.5 Å². The Kier molecular flexibility index (Phi) is 7.57. The first-order chi connectivity index (χ1) is 15.4. The van der Waals surface area contributed by atoms with Crippen LogP contribution in [0.5, 0.6) is 0 Å². The summed E-state index contributed by atoms with van der Waals surface area (Å²) >= 11 is 0. The van der Waals surface area contributed by atoms with E-state index in [2.05, 4.69) is 31.0 Å². The summed E-state index contributed by atoms with van der Waals surface area (Å²) in [5, 5.41) is 0. The van der Waals surface area contributed by atoms with Crippen molar-refractivity contribution in [2.75, 3.05) is 0 Å². The lowest BCUT2D eigenvalue weighted by atomic mass is 9.87. The van der Waals surface area contributed by atoms with Gasteiger partial charge in [-0.25, -0.2) is 0 Å². The highest BCUT2D eigenvalue weighted by molar-refractivity contribution is 6.06. The number of hydrogen-bond acceptors (Lipinski definition) is 2. The third kappa shape index (κ3) is 5.31. The average Bonchev–Trinajstić information content (AvgIpc) is 2.83. The molecule has 1 aromatic heterocycles. The molecule has 0 spiro atoms. The molecule has 32 heavy (non-hydrogen) atoms. The molecule has 1 amide bonds. The van der Waals surface area contributed by atoms with Gasteiger partial charge in [-0.15, -0.1) is 0 Å². The molecule has 0 radical (unpaired) electrons. The van der Waals surface area contributed by atoms with Gasteiger partial charge in [-0.05, 0) is 50.3 Å². The zero-order chi connectivity index (χ0) is 23.1. The first kappa shape index (κ1) is 23.4. The van der Waals surface area contributed by atoms with E-state index in [1.165, 1.54) is 12.0 Å². The van der Waals surface area contributed by atoms with Gasteiger partial charge >= 0.3 is 0 Å². The quantitative estimate of drug-likeness (QED) is 0.341. The predicted molar refractivity (Wildman–Crippen MR) is 133 cm³/mol. The zero-order valence-corrected chi connectivity index (χ0v) is 19.5. The van der Waals surface area contributed by atoms with E-state index >= 15 is 0 Å². The molecule has 1 heterocycles. The number of nitrogens with zero attached hydrogens (tertiary/aromatic N) is 2. The molecule has 0 bridgehead atoms. The number of rotatable bonds is 8. The molecule has 4 nitrogen and oxygen atoms in total. The number of carbonyl (C=O) groups excluding carboxylic acids is 1. The number of pyridine rings is 1. The molecule has 2 aromatic carbocycles. The standard InChI is InChI=1S/C28H33N3O/c1-5-11-20(6-2)21-16-18-23(19-17-21)26(29)31-27(32)28(3,4)25-15-10-14-24(30-25)22-12-8-7-9-13-22/h7-10,12-20H,5-6,11H2,1-4H3,(H2,29,31,32). The lowest BCUT2D eigenvalue weighted by Gasteiger charge is -2.21. The summed E-state index contributed by atoms with van der Waals surface area (Å²) in [5.74, 6) is 0.474. The highest BCUT2D eigenvalue weighted by atomic mass is 16.1. The number of nitrogens with two attached hydrogens (primary N) is 1. The molecule has 1 unspecified atom stereocenters. The Bertz CT molecular complexity index is 1070. The van der Waals surface area contributed by atoms with Gasteiger partial charge in [0.2, 0.25) is 0 Å². The van der Waals surface area contributed by atoms with Crippen LogP contribution in [0.15, 0.2) is 77.8 Å². The Balaban J connectivity index is 1.82. The minimum Gasteiger partial charge on any atom is -0.383 e. The normalized spacial score (nSPS) is 13.1. The van der Waals surface area contributed by atoms with Crippen molar-refractivity contribution in [1.82, 2.24) is 4.98 Å². The number of carbonyl (C=O) groups is 1. The van der Waals surface area contributed by atoms with Gasteiger partial charge in [0.1, 0.15) is 5.84 Å². The summed E-state index contributed by atoms with van der Waals surface area (Å²) in [5.41, 5.74) is 9.89. The molecule has 0 saturated carbocycles. The largest absolute Gasteiger partial charge is 0.383 e. The van der Waals surface area contributed by atoms with E-state index in [0.717, 1.165) is 29.7 Å². The van der Waals surface area contributed by atoms with Crippen LogP contribution < -0.4 is 5.73 Å². The number of benzene rings is 2. The SMILES string of the molecule is CCCC(CC)c1ccc(C(N)=NC(=O)C(C)(C)c2cccc(-c3ccccc3)n2)cc1. The van der Waals surface area contributed by atoms with Crippen LogP contribution >= 0.6 is 0 Å². The first-order valence-corrected chi connectivity index (χ1v) is 11.4. The molecular formula is C28H33N3O. The Morgan fingerprint density at radius 3 is 2.28 bits per heavy atom. The molecule has 0 aliphatic rings. The lowest BCUT2D eigenvalue weighted by molar-refractivity contribution is -0.122. The lowest BCUT2D eigenvalue weighted by Crippen LogP contribution is -2.31. The van der Waals surface area contributed by atoms with Crippen molar-refractivity contribution in [3.63, 3.8) is 0 Å². The van der Waals surface area contributed by atoms with Crippen molar-refractivity contribution in [2.24, 2.45) is 10.7 Å². The molecular weight excluding hydrogens is 394 g/mol. The Hall–Kier alpha value is -3.27. The Morgan fingerprint density at radius 1 is 0.969 bits per heavy atom. The van der Waals surface area contributed by atoms with Crippen LogP contribution in [0.1, 0.15) is 69.7 Å². The zero-order valence-electron chi connectivity index (χ0n) is 19.5. The third-order valence-corrected chi connectivity index (χ3v) is 6.02. The number of aliphatic imine (C=N–C) groups is 1. The van der Waals surface area contributed by atoms with Gasteiger partial charge in [-0.3, -0.25) is 9.78 Å². The van der Waals surface area contributed by atoms with E-state index in [9.17, 15) is 4.79 Å². The van der Waals surface area contributed by atoms with Gasteiger partial charge in [0, 0.05) is 11.1 Å². The number of amidine groups is 1. The fraction of sp³-hybridized carbons (Fsp3) is 0.321. The summed E-state index contributed by atoms with van der Waals surface area (Å²) in [6, 6.07) is 23.8. The minimum absolute atomic E-state index is 0.234. The number of hydrogen-bond donors (Lipinski definition) is 1. The minimum atomic E-state index is -0.899. The van der Waals surface area contributed by atoms with E-state index in [-0.39, 0.29) is 11.7 Å². The van der Waals surface area contributed by atoms with E-state index in [1.54, 1.807) is 0 Å². The van der Waals surface area contributed by atoms with E-state index in [4.69, 9.17) is 10.7 Å². The molecule has 3 aromatic rings. The molecule has 1 atom stereocenters. The van der Waals surface area contributed by atoms with Gasteiger partial charge < -0.3 is 5.73 Å². The summed E-state index contributed by atoms with van der Waals surface area (Å²) in [6.45, 7) is 8.09. The van der Waals surface area contributed by atoms with Crippen molar-refractivity contribution < 1.29 is 4.79 Å². The second-order valence-electron chi connectivity index (χ2n) is 8.72. The van der Waals surface area contributed by atoms with Crippen LogP contribution in [0.3, 0.4) is 0 Å². The molecule has 166 valence electrons. The second kappa shape index (κ2) is 10.4. The summed E-state index contributed by atoms with van der Waals surface area (Å²) in [7, 11) is 0. The van der Waals surface area contributed by atoms with Gasteiger partial charge in [0.25, 0.3) is 5.91 Å². The maximum absolute atomic E-state index is 13.1. The Morgan fingerprint density at radius 2 is 1.66 bits per heavy atom. The van der Waals surface area contributed by atoms with Gasteiger partial charge in [-0.2, -0.15) is 4.99 Å².